The molecular weight excluding hydrogens is 286 g/mol. The van der Waals surface area contributed by atoms with Gasteiger partial charge in [0.05, 0.1) is 6.61 Å². The molecule has 0 fully saturated rings. The number of hydrogen-bond donors (Lipinski definition) is 2. The van der Waals surface area contributed by atoms with Crippen molar-refractivity contribution in [2.75, 3.05) is 0 Å². The van der Waals surface area contributed by atoms with E-state index in [1.54, 1.807) is 24.3 Å². The van der Waals surface area contributed by atoms with E-state index in [4.69, 9.17) is 9.94 Å². The molecule has 1 aromatic heterocycles. The summed E-state index contributed by atoms with van der Waals surface area (Å²) in [5.41, 5.74) is 0.779. The molecule has 0 aliphatic rings. The van der Waals surface area contributed by atoms with Crippen molar-refractivity contribution in [1.82, 2.24) is 4.89 Å². The molecule has 0 radical (unpaired) electrons. The quantitative estimate of drug-likeness (QED) is 0.780. The summed E-state index contributed by atoms with van der Waals surface area (Å²) in [5, 5.41) is 8.12. The first-order valence-corrected chi connectivity index (χ1v) is 6.98. The van der Waals surface area contributed by atoms with Gasteiger partial charge >= 0.3 is 5.97 Å². The summed E-state index contributed by atoms with van der Waals surface area (Å²) in [6.07, 6.45) is 0. The zero-order valence-corrected chi connectivity index (χ0v) is 11.0. The smallest absolute Gasteiger partial charge is 0.371 e. The SMILES string of the molecule is O=C(O)c1ccc(S(=O)(=O)NOCc2ccccc2)o1. The summed E-state index contributed by atoms with van der Waals surface area (Å²) in [5.74, 6) is -1.81. The van der Waals surface area contributed by atoms with Crippen LogP contribution in [0, 0.1) is 0 Å². The maximum Gasteiger partial charge on any atom is 0.371 e. The van der Waals surface area contributed by atoms with Gasteiger partial charge in [-0.25, -0.2) is 13.2 Å². The van der Waals surface area contributed by atoms with E-state index in [1.165, 1.54) is 0 Å². The lowest BCUT2D eigenvalue weighted by Gasteiger charge is -2.04. The number of carboxylic acid groups (broad SMARTS) is 1. The Morgan fingerprint density at radius 3 is 2.50 bits per heavy atom. The van der Waals surface area contributed by atoms with Crippen LogP contribution in [0.3, 0.4) is 0 Å². The summed E-state index contributed by atoms with van der Waals surface area (Å²) >= 11 is 0. The van der Waals surface area contributed by atoms with Crippen LogP contribution in [0.1, 0.15) is 16.1 Å². The lowest BCUT2D eigenvalue weighted by molar-refractivity contribution is 0.0652. The molecule has 1 heterocycles. The number of nitrogens with one attached hydrogen (secondary N) is 1. The molecule has 2 N–H and O–H groups in total. The molecule has 0 saturated carbocycles. The van der Waals surface area contributed by atoms with Crippen molar-refractivity contribution < 1.29 is 27.6 Å². The van der Waals surface area contributed by atoms with Crippen molar-refractivity contribution in [1.29, 1.82) is 0 Å². The monoisotopic (exact) mass is 297 g/mol. The van der Waals surface area contributed by atoms with Crippen molar-refractivity contribution >= 4 is 16.0 Å². The zero-order valence-electron chi connectivity index (χ0n) is 10.1. The van der Waals surface area contributed by atoms with Gasteiger partial charge in [-0.15, -0.1) is 0 Å². The van der Waals surface area contributed by atoms with Gasteiger partial charge < -0.3 is 9.52 Å². The second kappa shape index (κ2) is 5.87. The molecule has 7 nitrogen and oxygen atoms in total. The van der Waals surface area contributed by atoms with Crippen molar-refractivity contribution in [2.24, 2.45) is 0 Å². The van der Waals surface area contributed by atoms with Crippen LogP contribution >= 0.6 is 0 Å². The predicted octanol–water partition coefficient (Wildman–Crippen LogP) is 1.39. The minimum Gasteiger partial charge on any atom is -0.475 e. The summed E-state index contributed by atoms with van der Waals surface area (Å²) in [6.45, 7) is 0.0343. The molecule has 2 aromatic rings. The highest BCUT2D eigenvalue weighted by molar-refractivity contribution is 7.89. The standard InChI is InChI=1S/C12H11NO6S/c14-12(15)10-6-7-11(19-10)20(16,17)13-18-8-9-4-2-1-3-5-9/h1-7,13H,8H2,(H,14,15). The number of benzene rings is 1. The van der Waals surface area contributed by atoms with Crippen LogP contribution in [-0.2, 0) is 21.5 Å². The molecule has 0 amide bonds. The van der Waals surface area contributed by atoms with Gasteiger partial charge in [0.25, 0.3) is 10.0 Å². The van der Waals surface area contributed by atoms with E-state index in [2.05, 4.69) is 4.42 Å². The van der Waals surface area contributed by atoms with E-state index in [1.807, 2.05) is 11.0 Å². The molecule has 0 saturated heterocycles. The number of carboxylic acids is 1. The topological polar surface area (TPSA) is 106 Å². The van der Waals surface area contributed by atoms with Crippen LogP contribution < -0.4 is 4.89 Å². The van der Waals surface area contributed by atoms with Gasteiger partial charge in [0.1, 0.15) is 0 Å². The molecule has 8 heteroatoms. The minimum absolute atomic E-state index is 0.0343. The number of furan rings is 1. The Morgan fingerprint density at radius 1 is 1.20 bits per heavy atom. The van der Waals surface area contributed by atoms with E-state index in [-0.39, 0.29) is 6.61 Å². The molecule has 2 rings (SSSR count). The number of carbonyl (C=O) groups is 1. The second-order valence-corrected chi connectivity index (χ2v) is 5.36. The van der Waals surface area contributed by atoms with E-state index in [0.717, 1.165) is 17.7 Å². The first-order valence-electron chi connectivity index (χ1n) is 5.50. The Morgan fingerprint density at radius 2 is 1.90 bits per heavy atom. The lowest BCUT2D eigenvalue weighted by atomic mass is 10.2. The fraction of sp³-hybridized carbons (Fsp3) is 0.0833. The van der Waals surface area contributed by atoms with Crippen molar-refractivity contribution in [3.05, 3.63) is 53.8 Å². The van der Waals surface area contributed by atoms with E-state index >= 15 is 0 Å². The minimum atomic E-state index is -4.05. The molecule has 0 atom stereocenters. The van der Waals surface area contributed by atoms with Gasteiger partial charge in [-0.3, -0.25) is 4.84 Å². The molecular formula is C12H11NO6S. The molecule has 0 aliphatic heterocycles. The molecule has 20 heavy (non-hydrogen) atoms. The molecule has 0 aliphatic carbocycles. The Hall–Kier alpha value is -2.16. The largest absolute Gasteiger partial charge is 0.475 e. The Kier molecular flexibility index (Phi) is 4.18. The maximum absolute atomic E-state index is 11.7. The zero-order chi connectivity index (χ0) is 14.6. The van der Waals surface area contributed by atoms with Crippen LogP contribution in [0.5, 0.6) is 0 Å². The highest BCUT2D eigenvalue weighted by atomic mass is 32.2. The Labute approximate surface area is 114 Å². The first-order chi connectivity index (χ1) is 9.49. The van der Waals surface area contributed by atoms with Crippen LogP contribution in [0.4, 0.5) is 0 Å². The predicted molar refractivity (Wildman–Crippen MR) is 67.2 cm³/mol. The van der Waals surface area contributed by atoms with Gasteiger partial charge in [0.15, 0.2) is 0 Å². The number of rotatable bonds is 6. The molecule has 0 bridgehead atoms. The van der Waals surface area contributed by atoms with Crippen molar-refractivity contribution in [3.8, 4) is 0 Å². The fourth-order valence-electron chi connectivity index (χ4n) is 1.39. The lowest BCUT2D eigenvalue weighted by Crippen LogP contribution is -2.23. The van der Waals surface area contributed by atoms with Crippen LogP contribution in [0.25, 0.3) is 0 Å². The highest BCUT2D eigenvalue weighted by Gasteiger charge is 2.21. The average molecular weight is 297 g/mol. The van der Waals surface area contributed by atoms with E-state index < -0.39 is 26.8 Å². The number of sulfonamides is 1. The first kappa shape index (κ1) is 14.3. The normalized spacial score (nSPS) is 11.4. The van der Waals surface area contributed by atoms with Crippen LogP contribution in [0.15, 0.2) is 52.0 Å². The number of hydrogen-bond acceptors (Lipinski definition) is 5. The molecule has 1 aromatic carbocycles. The fourth-order valence-corrected chi connectivity index (χ4v) is 2.13. The molecule has 0 unspecified atom stereocenters. The third-order valence-electron chi connectivity index (χ3n) is 2.31. The van der Waals surface area contributed by atoms with Gasteiger partial charge in [-0.1, -0.05) is 35.2 Å². The molecule has 0 spiro atoms. The maximum atomic E-state index is 11.7. The van der Waals surface area contributed by atoms with Gasteiger partial charge in [0, 0.05) is 0 Å². The highest BCUT2D eigenvalue weighted by Crippen LogP contribution is 2.13. The van der Waals surface area contributed by atoms with Crippen molar-refractivity contribution in [2.45, 2.75) is 11.7 Å². The van der Waals surface area contributed by atoms with Gasteiger partial charge in [-0.2, -0.15) is 0 Å². The summed E-state index contributed by atoms with van der Waals surface area (Å²) < 4.78 is 28.2. The van der Waals surface area contributed by atoms with Gasteiger partial charge in [0.2, 0.25) is 10.9 Å². The third kappa shape index (κ3) is 3.44. The van der Waals surface area contributed by atoms with Crippen LogP contribution in [-0.4, -0.2) is 19.5 Å². The second-order valence-electron chi connectivity index (χ2n) is 3.78. The Balaban J connectivity index is 1.98. The number of aromatic carboxylic acids is 1. The third-order valence-corrected chi connectivity index (χ3v) is 3.39. The average Bonchev–Trinajstić information content (AvgIpc) is 2.90. The summed E-state index contributed by atoms with van der Waals surface area (Å²) in [7, 11) is -4.05. The van der Waals surface area contributed by atoms with E-state index in [9.17, 15) is 13.2 Å². The van der Waals surface area contributed by atoms with E-state index in [0.29, 0.717) is 0 Å². The van der Waals surface area contributed by atoms with Gasteiger partial charge in [-0.05, 0) is 17.7 Å². The Bertz CT molecular complexity index is 692. The summed E-state index contributed by atoms with van der Waals surface area (Å²) in [4.78, 5) is 17.3. The summed E-state index contributed by atoms with van der Waals surface area (Å²) in [6, 6.07) is 11.0. The van der Waals surface area contributed by atoms with Crippen LogP contribution in [0.2, 0.25) is 0 Å². The molecule has 106 valence electrons. The van der Waals surface area contributed by atoms with Crippen molar-refractivity contribution in [3.63, 3.8) is 0 Å².